The highest BCUT2D eigenvalue weighted by Gasteiger charge is 2.03. The third-order valence-corrected chi connectivity index (χ3v) is 1.45. The fourth-order valence-corrected chi connectivity index (χ4v) is 0.837. The summed E-state index contributed by atoms with van der Waals surface area (Å²) in [6, 6.07) is 2.71. The van der Waals surface area contributed by atoms with Gasteiger partial charge in [0.15, 0.2) is 0 Å². The maximum atomic E-state index is 10.1. The Morgan fingerprint density at radius 1 is 1.55 bits per heavy atom. The molecule has 4 heteroatoms. The molecular formula is C7H8N2O2. The van der Waals surface area contributed by atoms with Crippen LogP contribution in [-0.2, 0) is 0 Å². The van der Waals surface area contributed by atoms with E-state index in [-0.39, 0.29) is 11.4 Å². The fraction of sp³-hybridized carbons (Fsp3) is 0.143. The first-order valence-corrected chi connectivity index (χ1v) is 3.07. The molecule has 1 aromatic rings. The SMILES string of the molecule is Cc1cc(O)cc(N=O)c1N. The van der Waals surface area contributed by atoms with Crippen molar-refractivity contribution in [1.29, 1.82) is 0 Å². The molecule has 0 aromatic heterocycles. The molecule has 1 rings (SSSR count). The molecule has 0 spiro atoms. The Kier molecular flexibility index (Phi) is 1.76. The Morgan fingerprint density at radius 3 is 2.73 bits per heavy atom. The highest BCUT2D eigenvalue weighted by molar-refractivity contribution is 5.68. The van der Waals surface area contributed by atoms with Crippen LogP contribution in [-0.4, -0.2) is 5.11 Å². The normalized spacial score (nSPS) is 9.55. The van der Waals surface area contributed by atoms with Crippen molar-refractivity contribution in [2.75, 3.05) is 5.73 Å². The molecule has 58 valence electrons. The Labute approximate surface area is 63.6 Å². The van der Waals surface area contributed by atoms with Gasteiger partial charge in [0.1, 0.15) is 11.4 Å². The molecule has 0 aliphatic heterocycles. The van der Waals surface area contributed by atoms with Gasteiger partial charge in [-0.05, 0) is 23.7 Å². The number of phenolic OH excluding ortho intramolecular Hbond substituents is 1. The molecule has 0 saturated carbocycles. The van der Waals surface area contributed by atoms with E-state index in [2.05, 4.69) is 5.18 Å². The van der Waals surface area contributed by atoms with Gasteiger partial charge in [-0.3, -0.25) is 0 Å². The van der Waals surface area contributed by atoms with Gasteiger partial charge in [0.25, 0.3) is 0 Å². The van der Waals surface area contributed by atoms with Crippen LogP contribution in [0.3, 0.4) is 0 Å². The maximum absolute atomic E-state index is 10.1. The predicted octanol–water partition coefficient (Wildman–Crippen LogP) is 1.68. The van der Waals surface area contributed by atoms with Crippen molar-refractivity contribution in [3.05, 3.63) is 22.6 Å². The van der Waals surface area contributed by atoms with Gasteiger partial charge in [-0.25, -0.2) is 0 Å². The molecule has 0 heterocycles. The summed E-state index contributed by atoms with van der Waals surface area (Å²) in [5, 5.41) is 11.7. The second-order valence-corrected chi connectivity index (χ2v) is 2.29. The lowest BCUT2D eigenvalue weighted by Crippen LogP contribution is -1.88. The number of nitroso groups, excluding NO2 is 1. The standard InChI is InChI=1S/C7H8N2O2/c1-4-2-5(10)3-6(9-11)7(4)8/h2-3,10H,8H2,1H3. The minimum absolute atomic E-state index is 0.00583. The van der Waals surface area contributed by atoms with Gasteiger partial charge in [0.05, 0.1) is 5.69 Å². The number of benzene rings is 1. The number of hydrogen-bond donors (Lipinski definition) is 2. The van der Waals surface area contributed by atoms with Crippen molar-refractivity contribution >= 4 is 11.4 Å². The van der Waals surface area contributed by atoms with Gasteiger partial charge in [-0.2, -0.15) is 0 Å². The molecule has 0 fully saturated rings. The number of aryl methyl sites for hydroxylation is 1. The van der Waals surface area contributed by atoms with E-state index >= 15 is 0 Å². The van der Waals surface area contributed by atoms with Crippen LogP contribution >= 0.6 is 0 Å². The summed E-state index contributed by atoms with van der Waals surface area (Å²) in [7, 11) is 0. The fourth-order valence-electron chi connectivity index (χ4n) is 0.837. The maximum Gasteiger partial charge on any atom is 0.134 e. The molecule has 0 aliphatic rings. The topological polar surface area (TPSA) is 75.7 Å². The van der Waals surface area contributed by atoms with E-state index in [0.29, 0.717) is 11.3 Å². The zero-order chi connectivity index (χ0) is 8.43. The van der Waals surface area contributed by atoms with E-state index < -0.39 is 0 Å². The van der Waals surface area contributed by atoms with Gasteiger partial charge in [0.2, 0.25) is 0 Å². The lowest BCUT2D eigenvalue weighted by atomic mass is 10.1. The van der Waals surface area contributed by atoms with Crippen LogP contribution in [0.1, 0.15) is 5.56 Å². The van der Waals surface area contributed by atoms with E-state index in [0.717, 1.165) is 0 Å². The van der Waals surface area contributed by atoms with Crippen LogP contribution in [0, 0.1) is 11.8 Å². The van der Waals surface area contributed by atoms with Crippen LogP contribution in [0.5, 0.6) is 5.75 Å². The largest absolute Gasteiger partial charge is 0.508 e. The number of aromatic hydroxyl groups is 1. The molecule has 0 atom stereocenters. The van der Waals surface area contributed by atoms with Gasteiger partial charge in [-0.15, -0.1) is 4.91 Å². The number of phenols is 1. The average molecular weight is 152 g/mol. The number of rotatable bonds is 1. The van der Waals surface area contributed by atoms with Crippen molar-refractivity contribution in [1.82, 2.24) is 0 Å². The van der Waals surface area contributed by atoms with Crippen LogP contribution in [0.25, 0.3) is 0 Å². The van der Waals surface area contributed by atoms with Gasteiger partial charge in [-0.1, -0.05) is 0 Å². The van der Waals surface area contributed by atoms with Crippen molar-refractivity contribution in [3.8, 4) is 5.75 Å². The molecule has 1 aromatic carbocycles. The monoisotopic (exact) mass is 152 g/mol. The third-order valence-electron chi connectivity index (χ3n) is 1.45. The lowest BCUT2D eigenvalue weighted by molar-refractivity contribution is 0.475. The predicted molar refractivity (Wildman–Crippen MR) is 42.7 cm³/mol. The minimum atomic E-state index is 0.00583. The highest BCUT2D eigenvalue weighted by atomic mass is 16.3. The molecule has 0 bridgehead atoms. The quantitative estimate of drug-likeness (QED) is 0.365. The summed E-state index contributed by atoms with van der Waals surface area (Å²) in [4.78, 5) is 10.1. The molecule has 4 nitrogen and oxygen atoms in total. The van der Waals surface area contributed by atoms with Crippen LogP contribution in [0.15, 0.2) is 17.3 Å². The summed E-state index contributed by atoms with van der Waals surface area (Å²) in [6.45, 7) is 1.70. The van der Waals surface area contributed by atoms with Crippen LogP contribution < -0.4 is 5.73 Å². The second-order valence-electron chi connectivity index (χ2n) is 2.29. The summed E-state index contributed by atoms with van der Waals surface area (Å²) in [5.41, 5.74) is 6.51. The van der Waals surface area contributed by atoms with Crippen molar-refractivity contribution in [3.63, 3.8) is 0 Å². The number of hydrogen-bond acceptors (Lipinski definition) is 4. The van der Waals surface area contributed by atoms with E-state index in [1.807, 2.05) is 0 Å². The molecule has 3 N–H and O–H groups in total. The van der Waals surface area contributed by atoms with Gasteiger partial charge >= 0.3 is 0 Å². The molecule has 11 heavy (non-hydrogen) atoms. The number of anilines is 1. The molecule has 0 radical (unpaired) electrons. The number of nitrogen functional groups attached to an aromatic ring is 1. The summed E-state index contributed by atoms with van der Waals surface area (Å²) in [6.07, 6.45) is 0. The number of nitrogens with zero attached hydrogens (tertiary/aromatic N) is 1. The molecule has 0 aliphatic carbocycles. The summed E-state index contributed by atoms with van der Waals surface area (Å²) >= 11 is 0. The van der Waals surface area contributed by atoms with Crippen molar-refractivity contribution < 1.29 is 5.11 Å². The Bertz CT molecular complexity index is 297. The van der Waals surface area contributed by atoms with E-state index in [9.17, 15) is 4.91 Å². The molecule has 0 amide bonds. The number of nitrogens with two attached hydrogens (primary N) is 1. The van der Waals surface area contributed by atoms with Crippen LogP contribution in [0.2, 0.25) is 0 Å². The minimum Gasteiger partial charge on any atom is -0.508 e. The molecule has 0 saturated heterocycles. The Hall–Kier alpha value is -1.58. The summed E-state index contributed by atoms with van der Waals surface area (Å²) in [5.74, 6) is 0.00583. The first-order valence-electron chi connectivity index (χ1n) is 3.07. The first kappa shape index (κ1) is 7.53. The molecule has 0 unspecified atom stereocenters. The van der Waals surface area contributed by atoms with Crippen molar-refractivity contribution in [2.24, 2.45) is 5.18 Å². The van der Waals surface area contributed by atoms with E-state index in [1.54, 1.807) is 6.92 Å². The zero-order valence-corrected chi connectivity index (χ0v) is 6.03. The second kappa shape index (κ2) is 2.57. The lowest BCUT2D eigenvalue weighted by Gasteiger charge is -2.01. The van der Waals surface area contributed by atoms with Gasteiger partial charge in [0, 0.05) is 6.07 Å². The first-order chi connectivity index (χ1) is 5.15. The van der Waals surface area contributed by atoms with Crippen molar-refractivity contribution in [2.45, 2.75) is 6.92 Å². The van der Waals surface area contributed by atoms with E-state index in [1.165, 1.54) is 12.1 Å². The Morgan fingerprint density at radius 2 is 2.18 bits per heavy atom. The third kappa shape index (κ3) is 1.29. The Balaban J connectivity index is 3.35. The highest BCUT2D eigenvalue weighted by Crippen LogP contribution is 2.29. The zero-order valence-electron chi connectivity index (χ0n) is 6.03. The van der Waals surface area contributed by atoms with E-state index in [4.69, 9.17) is 10.8 Å². The molecular weight excluding hydrogens is 144 g/mol. The summed E-state index contributed by atoms with van der Waals surface area (Å²) < 4.78 is 0. The average Bonchev–Trinajstić information content (AvgIpc) is 1.96. The smallest absolute Gasteiger partial charge is 0.134 e. The van der Waals surface area contributed by atoms with Crippen LogP contribution in [0.4, 0.5) is 11.4 Å². The van der Waals surface area contributed by atoms with Gasteiger partial charge < -0.3 is 10.8 Å².